The zero-order valence-corrected chi connectivity index (χ0v) is 15.9. The number of benzene rings is 1. The Kier molecular flexibility index (Phi) is 5.64. The van der Waals surface area contributed by atoms with E-state index in [0.29, 0.717) is 18.3 Å². The van der Waals surface area contributed by atoms with Crippen LogP contribution >= 0.6 is 23.1 Å². The molecule has 0 bridgehead atoms. The van der Waals surface area contributed by atoms with Crippen LogP contribution in [0.15, 0.2) is 22.5 Å². The lowest BCUT2D eigenvalue weighted by Crippen LogP contribution is -2.30. The molecule has 2 N–H and O–H groups in total. The molecule has 0 aliphatic carbocycles. The Bertz CT molecular complexity index is 751. The minimum Gasteiger partial charge on any atom is -0.454 e. The highest BCUT2D eigenvalue weighted by molar-refractivity contribution is 8.02. The third-order valence-corrected chi connectivity index (χ3v) is 5.41. The SMILES string of the molecule is CC(C)Nc1nnc(S[C@H](C)C(=O)NCc2ccc3c(c2)OCO3)s1. The van der Waals surface area contributed by atoms with E-state index in [4.69, 9.17) is 9.47 Å². The molecular formula is C16H20N4O3S2. The molecule has 1 aromatic heterocycles. The maximum Gasteiger partial charge on any atom is 0.233 e. The minimum absolute atomic E-state index is 0.0452. The number of rotatable bonds is 7. The van der Waals surface area contributed by atoms with Crippen LogP contribution in [0.5, 0.6) is 11.5 Å². The molecule has 1 aliphatic rings. The molecule has 7 nitrogen and oxygen atoms in total. The summed E-state index contributed by atoms with van der Waals surface area (Å²) in [4.78, 5) is 12.3. The number of fused-ring (bicyclic) bond motifs is 1. The summed E-state index contributed by atoms with van der Waals surface area (Å²) in [6, 6.07) is 5.95. The number of amides is 1. The maximum absolute atomic E-state index is 12.3. The first-order valence-corrected chi connectivity index (χ1v) is 9.64. The average molecular weight is 380 g/mol. The zero-order chi connectivity index (χ0) is 17.8. The van der Waals surface area contributed by atoms with E-state index in [9.17, 15) is 4.79 Å². The van der Waals surface area contributed by atoms with Crippen LogP contribution in [0.4, 0.5) is 5.13 Å². The average Bonchev–Trinajstić information content (AvgIpc) is 3.20. The smallest absolute Gasteiger partial charge is 0.233 e. The molecule has 0 radical (unpaired) electrons. The van der Waals surface area contributed by atoms with Crippen molar-refractivity contribution in [2.75, 3.05) is 12.1 Å². The number of aromatic nitrogens is 2. The monoisotopic (exact) mass is 380 g/mol. The van der Waals surface area contributed by atoms with Gasteiger partial charge in [-0.2, -0.15) is 0 Å². The van der Waals surface area contributed by atoms with Crippen LogP contribution in [0.25, 0.3) is 0 Å². The molecule has 9 heteroatoms. The molecule has 1 aromatic carbocycles. The van der Waals surface area contributed by atoms with E-state index >= 15 is 0 Å². The Labute approximate surface area is 154 Å². The van der Waals surface area contributed by atoms with Crippen LogP contribution < -0.4 is 20.1 Å². The summed E-state index contributed by atoms with van der Waals surface area (Å²) in [7, 11) is 0. The fourth-order valence-corrected chi connectivity index (χ4v) is 4.22. The summed E-state index contributed by atoms with van der Waals surface area (Å²) in [5.41, 5.74) is 0.967. The van der Waals surface area contributed by atoms with Crippen molar-refractivity contribution in [1.29, 1.82) is 0 Å². The molecule has 1 amide bonds. The van der Waals surface area contributed by atoms with Crippen molar-refractivity contribution in [2.24, 2.45) is 0 Å². The Morgan fingerprint density at radius 1 is 1.28 bits per heavy atom. The fraction of sp³-hybridized carbons (Fsp3) is 0.438. The zero-order valence-electron chi connectivity index (χ0n) is 14.2. The number of carbonyl (C=O) groups excluding carboxylic acids is 1. The summed E-state index contributed by atoms with van der Waals surface area (Å²) < 4.78 is 11.4. The van der Waals surface area contributed by atoms with E-state index in [1.165, 1.54) is 23.1 Å². The molecule has 0 fully saturated rings. The number of hydrogen-bond donors (Lipinski definition) is 2. The van der Waals surface area contributed by atoms with Gasteiger partial charge in [0.1, 0.15) is 0 Å². The van der Waals surface area contributed by atoms with Crippen LogP contribution in [0, 0.1) is 0 Å². The number of carbonyl (C=O) groups is 1. The lowest BCUT2D eigenvalue weighted by atomic mass is 10.2. The third kappa shape index (κ3) is 4.76. The first kappa shape index (κ1) is 17.8. The third-order valence-electron chi connectivity index (χ3n) is 3.37. The molecule has 1 atom stereocenters. The molecule has 1 aliphatic heterocycles. The highest BCUT2D eigenvalue weighted by Gasteiger charge is 2.18. The van der Waals surface area contributed by atoms with E-state index in [-0.39, 0.29) is 18.0 Å². The van der Waals surface area contributed by atoms with Crippen molar-refractivity contribution in [3.05, 3.63) is 23.8 Å². The molecule has 134 valence electrons. The van der Waals surface area contributed by atoms with Crippen LogP contribution in [-0.2, 0) is 11.3 Å². The largest absolute Gasteiger partial charge is 0.454 e. The summed E-state index contributed by atoms with van der Waals surface area (Å²) >= 11 is 2.86. The lowest BCUT2D eigenvalue weighted by Gasteiger charge is -2.10. The van der Waals surface area contributed by atoms with Gasteiger partial charge in [-0.3, -0.25) is 4.79 Å². The number of hydrogen-bond acceptors (Lipinski definition) is 8. The van der Waals surface area contributed by atoms with Crippen LogP contribution in [0.1, 0.15) is 26.3 Å². The highest BCUT2D eigenvalue weighted by Crippen LogP contribution is 2.32. The van der Waals surface area contributed by atoms with E-state index in [1.54, 1.807) is 0 Å². The maximum atomic E-state index is 12.3. The molecule has 3 rings (SSSR count). The van der Waals surface area contributed by atoms with Gasteiger partial charge in [0.05, 0.1) is 5.25 Å². The van der Waals surface area contributed by atoms with Crippen molar-refractivity contribution in [3.63, 3.8) is 0 Å². The van der Waals surface area contributed by atoms with Gasteiger partial charge >= 0.3 is 0 Å². The lowest BCUT2D eigenvalue weighted by molar-refractivity contribution is -0.120. The van der Waals surface area contributed by atoms with Crippen molar-refractivity contribution < 1.29 is 14.3 Å². The summed E-state index contributed by atoms with van der Waals surface area (Å²) in [6.45, 7) is 6.63. The van der Waals surface area contributed by atoms with Gasteiger partial charge < -0.3 is 20.1 Å². The number of thioether (sulfide) groups is 1. The Morgan fingerprint density at radius 3 is 2.88 bits per heavy atom. The first-order valence-electron chi connectivity index (χ1n) is 7.94. The van der Waals surface area contributed by atoms with Crippen LogP contribution in [-0.4, -0.2) is 34.2 Å². The molecule has 0 unspecified atom stereocenters. The van der Waals surface area contributed by atoms with Crippen molar-refractivity contribution in [1.82, 2.24) is 15.5 Å². The van der Waals surface area contributed by atoms with Gasteiger partial charge in [-0.1, -0.05) is 29.2 Å². The van der Waals surface area contributed by atoms with E-state index in [1.807, 2.05) is 39.0 Å². The van der Waals surface area contributed by atoms with Crippen LogP contribution in [0.2, 0.25) is 0 Å². The Hall–Kier alpha value is -2.00. The second-order valence-corrected chi connectivity index (χ2v) is 8.40. The van der Waals surface area contributed by atoms with Crippen molar-refractivity contribution >= 4 is 34.1 Å². The minimum atomic E-state index is -0.256. The van der Waals surface area contributed by atoms with E-state index < -0.39 is 0 Å². The summed E-state index contributed by atoms with van der Waals surface area (Å²) in [5.74, 6) is 1.41. The molecule has 2 heterocycles. The number of anilines is 1. The van der Waals surface area contributed by atoms with Gasteiger partial charge in [0.25, 0.3) is 0 Å². The Morgan fingerprint density at radius 2 is 2.08 bits per heavy atom. The quantitative estimate of drug-likeness (QED) is 0.714. The fourth-order valence-electron chi connectivity index (χ4n) is 2.15. The van der Waals surface area contributed by atoms with Gasteiger partial charge in [0.2, 0.25) is 17.8 Å². The molecular weight excluding hydrogens is 360 g/mol. The number of nitrogens with one attached hydrogen (secondary N) is 2. The van der Waals surface area contributed by atoms with Gasteiger partial charge in [-0.25, -0.2) is 0 Å². The molecule has 2 aromatic rings. The molecule has 0 saturated heterocycles. The van der Waals surface area contributed by atoms with Crippen molar-refractivity contribution in [2.45, 2.75) is 42.9 Å². The first-order chi connectivity index (χ1) is 12.0. The molecule has 0 saturated carbocycles. The standard InChI is InChI=1S/C16H20N4O3S2/c1-9(2)18-15-19-20-16(25-15)24-10(3)14(21)17-7-11-4-5-12-13(6-11)23-8-22-12/h4-6,9-10H,7-8H2,1-3H3,(H,17,21)(H,18,19)/t10-/m1/s1. The van der Waals surface area contributed by atoms with Gasteiger partial charge in [-0.15, -0.1) is 10.2 Å². The summed E-state index contributed by atoms with van der Waals surface area (Å²) in [5, 5.41) is 14.8. The predicted octanol–water partition coefficient (Wildman–Crippen LogP) is 2.88. The number of nitrogens with zero attached hydrogens (tertiary/aromatic N) is 2. The second-order valence-electron chi connectivity index (χ2n) is 5.84. The van der Waals surface area contributed by atoms with Crippen LogP contribution in [0.3, 0.4) is 0 Å². The topological polar surface area (TPSA) is 85.4 Å². The second kappa shape index (κ2) is 7.92. The van der Waals surface area contributed by atoms with E-state index in [2.05, 4.69) is 20.8 Å². The summed E-state index contributed by atoms with van der Waals surface area (Å²) in [6.07, 6.45) is 0. The van der Waals surface area contributed by atoms with Gasteiger partial charge in [0.15, 0.2) is 15.8 Å². The molecule has 25 heavy (non-hydrogen) atoms. The van der Waals surface area contributed by atoms with Gasteiger partial charge in [-0.05, 0) is 38.5 Å². The molecule has 0 spiro atoms. The highest BCUT2D eigenvalue weighted by atomic mass is 32.2. The number of ether oxygens (including phenoxy) is 2. The predicted molar refractivity (Wildman–Crippen MR) is 98.4 cm³/mol. The van der Waals surface area contributed by atoms with Gasteiger partial charge in [0, 0.05) is 12.6 Å². The van der Waals surface area contributed by atoms with E-state index in [0.717, 1.165) is 20.8 Å². The van der Waals surface area contributed by atoms with Crippen molar-refractivity contribution in [3.8, 4) is 11.5 Å². The normalized spacial score (nSPS) is 13.8. The Balaban J connectivity index is 1.50.